The number of hydrogen-bond acceptors (Lipinski definition) is 15. The third kappa shape index (κ3) is 40.1. The van der Waals surface area contributed by atoms with E-state index in [4.69, 9.17) is 37.0 Å². The van der Waals surface area contributed by atoms with Crippen LogP contribution in [0.5, 0.6) is 0 Å². The van der Waals surface area contributed by atoms with Crippen molar-refractivity contribution in [3.63, 3.8) is 0 Å². The first-order valence-corrected chi connectivity index (χ1v) is 26.8. The smallest absolute Gasteiger partial charge is 0.462 e. The van der Waals surface area contributed by atoms with Gasteiger partial charge in [-0.05, 0) is 25.7 Å². The van der Waals surface area contributed by atoms with Crippen molar-refractivity contribution in [2.45, 2.75) is 219 Å². The molecular formula is C44H84O17P2. The van der Waals surface area contributed by atoms with Crippen molar-refractivity contribution >= 4 is 39.5 Å². The van der Waals surface area contributed by atoms with E-state index < -0.39 is 97.5 Å². The summed E-state index contributed by atoms with van der Waals surface area (Å²) in [6.45, 7) is 4.17. The normalized spacial score (nSPS) is 14.8. The number of carbonyl (C=O) groups excluding carboxylic acids is 4. The molecule has 0 aliphatic carbocycles. The van der Waals surface area contributed by atoms with Crippen LogP contribution in [0.1, 0.15) is 201 Å². The summed E-state index contributed by atoms with van der Waals surface area (Å²) in [7, 11) is -9.80. The SMILES string of the molecule is CCCCCCCCCCCCCC(=O)O[C@H](COC(=O)CCCCCCCC)COP(=O)(O)OC[C@H](O)COP(=O)(O)OC[C@@H](COC(=O)CCCCCCC)OC(=O)CCC. The van der Waals surface area contributed by atoms with E-state index in [1.54, 1.807) is 6.92 Å². The first kappa shape index (κ1) is 61.1. The third-order valence-corrected chi connectivity index (χ3v) is 11.7. The Morgan fingerprint density at radius 1 is 0.381 bits per heavy atom. The predicted molar refractivity (Wildman–Crippen MR) is 238 cm³/mol. The van der Waals surface area contributed by atoms with Crippen LogP contribution in [-0.4, -0.2) is 96.7 Å². The van der Waals surface area contributed by atoms with E-state index in [0.29, 0.717) is 25.7 Å². The zero-order chi connectivity index (χ0) is 47.0. The second kappa shape index (κ2) is 40.3. The number of unbranched alkanes of at least 4 members (excludes halogenated alkanes) is 19. The molecule has 5 atom stereocenters. The van der Waals surface area contributed by atoms with E-state index >= 15 is 0 Å². The lowest BCUT2D eigenvalue weighted by atomic mass is 10.1. The molecule has 63 heavy (non-hydrogen) atoms. The van der Waals surface area contributed by atoms with Crippen LogP contribution in [0.25, 0.3) is 0 Å². The third-order valence-electron chi connectivity index (χ3n) is 9.82. The maximum absolute atomic E-state index is 12.7. The van der Waals surface area contributed by atoms with Gasteiger partial charge in [0.25, 0.3) is 0 Å². The quantitative estimate of drug-likeness (QED) is 0.0223. The largest absolute Gasteiger partial charge is 0.472 e. The van der Waals surface area contributed by atoms with Crippen LogP contribution in [0.15, 0.2) is 0 Å². The number of phosphoric acid groups is 2. The fraction of sp³-hybridized carbons (Fsp3) is 0.909. The van der Waals surface area contributed by atoms with Crippen LogP contribution in [-0.2, 0) is 65.4 Å². The number of carbonyl (C=O) groups is 4. The Morgan fingerprint density at radius 3 is 1.00 bits per heavy atom. The molecule has 0 aromatic rings. The van der Waals surface area contributed by atoms with E-state index in [9.17, 15) is 43.2 Å². The summed E-state index contributed by atoms with van der Waals surface area (Å²) in [5.74, 6) is -2.24. The number of ether oxygens (including phenoxy) is 4. The summed E-state index contributed by atoms with van der Waals surface area (Å²) < 4.78 is 66.1. The number of hydrogen-bond donors (Lipinski definition) is 3. The van der Waals surface area contributed by atoms with Gasteiger partial charge in [0.1, 0.15) is 19.3 Å². The Balaban J connectivity index is 5.01. The summed E-state index contributed by atoms with van der Waals surface area (Å²) in [5, 5.41) is 10.3. The Morgan fingerprint density at radius 2 is 0.667 bits per heavy atom. The molecule has 0 amide bonds. The molecule has 0 aliphatic heterocycles. The molecule has 0 aromatic heterocycles. The van der Waals surface area contributed by atoms with Crippen LogP contribution < -0.4 is 0 Å². The van der Waals surface area contributed by atoms with E-state index in [1.807, 2.05) is 0 Å². The Bertz CT molecular complexity index is 1270. The van der Waals surface area contributed by atoms with Gasteiger partial charge in [-0.3, -0.25) is 37.3 Å². The summed E-state index contributed by atoms with van der Waals surface area (Å²) in [5.41, 5.74) is 0. The van der Waals surface area contributed by atoms with E-state index in [1.165, 1.54) is 38.5 Å². The van der Waals surface area contributed by atoms with Crippen LogP contribution >= 0.6 is 15.6 Å². The lowest BCUT2D eigenvalue weighted by Gasteiger charge is -2.21. The average Bonchev–Trinajstić information content (AvgIpc) is 3.24. The zero-order valence-electron chi connectivity index (χ0n) is 39.0. The topological polar surface area (TPSA) is 237 Å². The molecule has 0 rings (SSSR count). The molecule has 372 valence electrons. The van der Waals surface area contributed by atoms with Gasteiger partial charge in [0, 0.05) is 25.7 Å². The summed E-state index contributed by atoms with van der Waals surface area (Å²) in [6.07, 6.45) is 19.4. The minimum atomic E-state index is -4.91. The molecule has 0 bridgehead atoms. The van der Waals surface area contributed by atoms with Gasteiger partial charge >= 0.3 is 39.5 Å². The lowest BCUT2D eigenvalue weighted by molar-refractivity contribution is -0.161. The molecule has 0 radical (unpaired) electrons. The zero-order valence-corrected chi connectivity index (χ0v) is 40.8. The van der Waals surface area contributed by atoms with Crippen LogP contribution in [0.2, 0.25) is 0 Å². The van der Waals surface area contributed by atoms with E-state index in [-0.39, 0.29) is 25.7 Å². The highest BCUT2D eigenvalue weighted by Gasteiger charge is 2.30. The predicted octanol–water partition coefficient (Wildman–Crippen LogP) is 10.1. The lowest BCUT2D eigenvalue weighted by Crippen LogP contribution is -2.30. The highest BCUT2D eigenvalue weighted by atomic mass is 31.2. The molecule has 0 aliphatic rings. The second-order valence-electron chi connectivity index (χ2n) is 16.1. The van der Waals surface area contributed by atoms with E-state index in [0.717, 1.165) is 83.5 Å². The van der Waals surface area contributed by atoms with Gasteiger partial charge in [-0.25, -0.2) is 9.13 Å². The molecule has 19 heteroatoms. The number of aliphatic hydroxyl groups excluding tert-OH is 1. The van der Waals surface area contributed by atoms with Crippen molar-refractivity contribution in [3.8, 4) is 0 Å². The van der Waals surface area contributed by atoms with Gasteiger partial charge in [-0.2, -0.15) is 0 Å². The van der Waals surface area contributed by atoms with Gasteiger partial charge in [-0.1, -0.05) is 150 Å². The minimum absolute atomic E-state index is 0.0534. The number of esters is 4. The molecule has 0 saturated carbocycles. The maximum Gasteiger partial charge on any atom is 0.472 e. The van der Waals surface area contributed by atoms with Crippen molar-refractivity contribution < 1.29 is 80.2 Å². The maximum atomic E-state index is 12.7. The first-order valence-electron chi connectivity index (χ1n) is 23.8. The van der Waals surface area contributed by atoms with Gasteiger partial charge in [0.15, 0.2) is 12.2 Å². The molecule has 0 aromatic carbocycles. The molecule has 17 nitrogen and oxygen atoms in total. The standard InChI is InChI=1S/C44H84O17P2/c1-5-9-12-15-17-18-19-20-21-24-27-31-44(49)61-40(35-55-42(47)30-26-23-16-13-10-6-2)37-59-63(52,53)57-33-38(45)32-56-62(50,51)58-36-39(60-43(48)28-8-4)34-54-41(46)29-25-22-14-11-7-3/h38-40,45H,5-37H2,1-4H3,(H,50,51)(H,52,53)/t38-,39-,40-/m1/s1. The van der Waals surface area contributed by atoms with Crippen LogP contribution in [0, 0.1) is 0 Å². The number of aliphatic hydroxyl groups is 1. The first-order chi connectivity index (χ1) is 30.2. The van der Waals surface area contributed by atoms with Crippen molar-refractivity contribution in [2.75, 3.05) is 39.6 Å². The monoisotopic (exact) mass is 947 g/mol. The van der Waals surface area contributed by atoms with Crippen molar-refractivity contribution in [1.82, 2.24) is 0 Å². The highest BCUT2D eigenvalue weighted by Crippen LogP contribution is 2.45. The summed E-state index contributed by atoms with van der Waals surface area (Å²) in [4.78, 5) is 69.9. The van der Waals surface area contributed by atoms with Crippen LogP contribution in [0.4, 0.5) is 0 Å². The molecule has 0 spiro atoms. The van der Waals surface area contributed by atoms with Crippen molar-refractivity contribution in [1.29, 1.82) is 0 Å². The fourth-order valence-corrected chi connectivity index (χ4v) is 7.72. The highest BCUT2D eigenvalue weighted by molar-refractivity contribution is 7.47. The minimum Gasteiger partial charge on any atom is -0.462 e. The Labute approximate surface area is 377 Å². The molecule has 0 heterocycles. The molecule has 0 fully saturated rings. The summed E-state index contributed by atoms with van der Waals surface area (Å²) >= 11 is 0. The van der Waals surface area contributed by atoms with Crippen LogP contribution in [0.3, 0.4) is 0 Å². The number of phosphoric ester groups is 2. The Hall–Kier alpha value is -1.94. The molecule has 2 unspecified atom stereocenters. The Kier molecular flexibility index (Phi) is 39.1. The van der Waals surface area contributed by atoms with Gasteiger partial charge < -0.3 is 33.8 Å². The van der Waals surface area contributed by atoms with Gasteiger partial charge in [0.05, 0.1) is 26.4 Å². The second-order valence-corrected chi connectivity index (χ2v) is 19.0. The molecular weight excluding hydrogens is 862 g/mol. The molecule has 0 saturated heterocycles. The fourth-order valence-electron chi connectivity index (χ4n) is 6.14. The molecule has 3 N–H and O–H groups in total. The van der Waals surface area contributed by atoms with E-state index in [2.05, 4.69) is 20.8 Å². The average molecular weight is 947 g/mol. The van der Waals surface area contributed by atoms with Gasteiger partial charge in [0.2, 0.25) is 0 Å². The number of rotatable bonds is 45. The summed E-state index contributed by atoms with van der Waals surface area (Å²) in [6, 6.07) is 0. The van der Waals surface area contributed by atoms with Crippen molar-refractivity contribution in [2.24, 2.45) is 0 Å². The van der Waals surface area contributed by atoms with Gasteiger partial charge in [-0.15, -0.1) is 0 Å². The van der Waals surface area contributed by atoms with Crippen molar-refractivity contribution in [3.05, 3.63) is 0 Å².